The number of aromatic nitrogens is 2. The Morgan fingerprint density at radius 3 is 2.69 bits per heavy atom. The highest BCUT2D eigenvalue weighted by Crippen LogP contribution is 2.53. The molecular weight excluding hydrogens is 389 g/mol. The van der Waals surface area contributed by atoms with Gasteiger partial charge in [-0.15, -0.1) is 0 Å². The van der Waals surface area contributed by atoms with Crippen LogP contribution in [-0.2, 0) is 5.54 Å². The van der Waals surface area contributed by atoms with Gasteiger partial charge in [0.2, 0.25) is 5.95 Å². The van der Waals surface area contributed by atoms with Crippen LogP contribution in [0.4, 0.5) is 10.2 Å². The zero-order valence-corrected chi connectivity index (χ0v) is 16.7. The minimum Gasteiger partial charge on any atom is -0.455 e. The number of rotatable bonds is 2. The summed E-state index contributed by atoms with van der Waals surface area (Å²) in [6, 6.07) is 11.0. The maximum Gasteiger partial charge on any atom is 0.220 e. The number of nitrogens with two attached hydrogens (primary N) is 1. The van der Waals surface area contributed by atoms with Crippen LogP contribution in [-0.4, -0.2) is 35.0 Å². The van der Waals surface area contributed by atoms with E-state index in [0.717, 1.165) is 16.9 Å². The fraction of sp³-hybridized carbons (Fsp3) is 0.190. The Kier molecular flexibility index (Phi) is 3.99. The summed E-state index contributed by atoms with van der Waals surface area (Å²) in [5.41, 5.74) is 8.30. The molecule has 4 heterocycles. The molecule has 2 aliphatic rings. The molecule has 8 heteroatoms. The van der Waals surface area contributed by atoms with Gasteiger partial charge in [-0.2, -0.15) is 4.39 Å². The molecule has 0 amide bonds. The largest absolute Gasteiger partial charge is 0.455 e. The van der Waals surface area contributed by atoms with Crippen molar-refractivity contribution in [3.8, 4) is 22.6 Å². The lowest BCUT2D eigenvalue weighted by Gasteiger charge is -2.35. The number of ether oxygens (including phenoxy) is 1. The minimum atomic E-state index is -0.708. The third-order valence-corrected chi connectivity index (χ3v) is 6.15. The van der Waals surface area contributed by atoms with Crippen molar-refractivity contribution >= 4 is 22.7 Å². The predicted octanol–water partition coefficient (Wildman–Crippen LogP) is 3.76. The van der Waals surface area contributed by atoms with Gasteiger partial charge in [-0.3, -0.25) is 0 Å². The molecule has 2 aliphatic heterocycles. The Labute approximate surface area is 171 Å². The zero-order chi connectivity index (χ0) is 20.2. The first-order valence-electron chi connectivity index (χ1n) is 9.07. The number of pyridine rings is 2. The van der Waals surface area contributed by atoms with Crippen LogP contribution in [0.25, 0.3) is 11.1 Å². The summed E-state index contributed by atoms with van der Waals surface area (Å²) in [6.45, 7) is 0. The van der Waals surface area contributed by atoms with Gasteiger partial charge in [0, 0.05) is 42.7 Å². The van der Waals surface area contributed by atoms with E-state index in [2.05, 4.69) is 9.97 Å². The summed E-state index contributed by atoms with van der Waals surface area (Å²) < 4.78 is 20.5. The third kappa shape index (κ3) is 2.74. The van der Waals surface area contributed by atoms with Crippen LogP contribution in [0.15, 0.2) is 53.8 Å². The fourth-order valence-corrected chi connectivity index (χ4v) is 4.72. The standard InChI is InChI=1S/C21H18FN5OS/c1-27(2)18-9-15-17(10-25-18)28-16-6-5-12(13-4-3-7-24-19(13)22)8-14(16)21(15)11-29-20(23)26-21/h3-10H,11H2,1-2H3,(H2,23,26). The van der Waals surface area contributed by atoms with E-state index in [4.69, 9.17) is 15.5 Å². The number of fused-ring (bicyclic) bond motifs is 4. The maximum absolute atomic E-state index is 14.3. The monoisotopic (exact) mass is 407 g/mol. The Hall–Kier alpha value is -3.13. The van der Waals surface area contributed by atoms with Crippen LogP contribution in [0, 0.1) is 5.95 Å². The van der Waals surface area contributed by atoms with Gasteiger partial charge >= 0.3 is 0 Å². The molecule has 146 valence electrons. The number of anilines is 1. The topological polar surface area (TPSA) is 76.6 Å². The first kappa shape index (κ1) is 17.9. The van der Waals surface area contributed by atoms with E-state index in [-0.39, 0.29) is 0 Å². The van der Waals surface area contributed by atoms with Gasteiger partial charge < -0.3 is 15.4 Å². The summed E-state index contributed by atoms with van der Waals surface area (Å²) in [6.07, 6.45) is 3.16. The van der Waals surface area contributed by atoms with Crippen LogP contribution in [0.1, 0.15) is 11.1 Å². The van der Waals surface area contributed by atoms with Crippen molar-refractivity contribution in [1.82, 2.24) is 9.97 Å². The second kappa shape index (κ2) is 6.45. The lowest BCUT2D eigenvalue weighted by atomic mass is 9.81. The normalized spacial score (nSPS) is 19.3. The number of hydrogen-bond donors (Lipinski definition) is 1. The molecule has 2 N–H and O–H groups in total. The Bertz CT molecular complexity index is 1170. The van der Waals surface area contributed by atoms with E-state index < -0.39 is 11.5 Å². The van der Waals surface area contributed by atoms with Crippen molar-refractivity contribution < 1.29 is 9.13 Å². The molecule has 1 aromatic carbocycles. The number of thioether (sulfide) groups is 1. The highest BCUT2D eigenvalue weighted by molar-refractivity contribution is 8.14. The number of nitrogens with zero attached hydrogens (tertiary/aromatic N) is 4. The average Bonchev–Trinajstić information content (AvgIpc) is 3.10. The number of halogens is 1. The molecule has 29 heavy (non-hydrogen) atoms. The molecule has 5 rings (SSSR count). The molecule has 1 atom stereocenters. The molecule has 0 saturated heterocycles. The van der Waals surface area contributed by atoms with E-state index in [1.807, 2.05) is 43.3 Å². The number of amidine groups is 1. The van der Waals surface area contributed by atoms with E-state index >= 15 is 0 Å². The van der Waals surface area contributed by atoms with Crippen LogP contribution >= 0.6 is 11.8 Å². The Balaban J connectivity index is 1.74. The summed E-state index contributed by atoms with van der Waals surface area (Å²) >= 11 is 1.50. The first-order chi connectivity index (χ1) is 14.0. The summed E-state index contributed by atoms with van der Waals surface area (Å²) in [5.74, 6) is 2.25. The SMILES string of the molecule is CN(C)c1cc2c(cn1)Oc1ccc(-c3cccnc3F)cc1C21CSC(N)=N1. The van der Waals surface area contributed by atoms with Crippen LogP contribution < -0.4 is 15.4 Å². The predicted molar refractivity (Wildman–Crippen MR) is 113 cm³/mol. The highest BCUT2D eigenvalue weighted by Gasteiger charge is 2.46. The second-order valence-corrected chi connectivity index (χ2v) is 8.18. The highest BCUT2D eigenvalue weighted by atomic mass is 32.2. The molecule has 3 aromatic rings. The van der Waals surface area contributed by atoms with E-state index in [1.54, 1.807) is 18.3 Å². The van der Waals surface area contributed by atoms with E-state index in [0.29, 0.717) is 33.5 Å². The van der Waals surface area contributed by atoms with E-state index in [9.17, 15) is 4.39 Å². The lowest BCUT2D eigenvalue weighted by molar-refractivity contribution is 0.414. The van der Waals surface area contributed by atoms with Crippen molar-refractivity contribution in [2.24, 2.45) is 10.7 Å². The Morgan fingerprint density at radius 1 is 1.14 bits per heavy atom. The Morgan fingerprint density at radius 2 is 1.97 bits per heavy atom. The van der Waals surface area contributed by atoms with Crippen LogP contribution in [0.3, 0.4) is 0 Å². The van der Waals surface area contributed by atoms with Gasteiger partial charge in [0.15, 0.2) is 10.9 Å². The zero-order valence-electron chi connectivity index (χ0n) is 15.9. The molecule has 0 aliphatic carbocycles. The number of benzene rings is 1. The van der Waals surface area contributed by atoms with Crippen molar-refractivity contribution in [2.75, 3.05) is 24.7 Å². The van der Waals surface area contributed by atoms with Gasteiger partial charge in [-0.1, -0.05) is 17.8 Å². The third-order valence-electron chi connectivity index (χ3n) is 5.20. The van der Waals surface area contributed by atoms with Crippen molar-refractivity contribution in [3.63, 3.8) is 0 Å². The van der Waals surface area contributed by atoms with Crippen molar-refractivity contribution in [1.29, 1.82) is 0 Å². The summed E-state index contributed by atoms with van der Waals surface area (Å²) in [7, 11) is 3.87. The molecule has 0 fully saturated rings. The molecule has 0 radical (unpaired) electrons. The first-order valence-corrected chi connectivity index (χ1v) is 10.1. The van der Waals surface area contributed by atoms with Gasteiger partial charge in [0.1, 0.15) is 17.1 Å². The number of aliphatic imine (C=N–C) groups is 1. The molecule has 2 aromatic heterocycles. The summed E-state index contributed by atoms with van der Waals surface area (Å²) in [5, 5.41) is 0.518. The van der Waals surface area contributed by atoms with Crippen LogP contribution in [0.5, 0.6) is 11.5 Å². The smallest absolute Gasteiger partial charge is 0.220 e. The average molecular weight is 407 g/mol. The maximum atomic E-state index is 14.3. The molecular formula is C21H18FN5OS. The quantitative estimate of drug-likeness (QED) is 0.652. The molecule has 6 nitrogen and oxygen atoms in total. The number of hydrogen-bond acceptors (Lipinski definition) is 7. The fourth-order valence-electron chi connectivity index (χ4n) is 3.76. The van der Waals surface area contributed by atoms with Gasteiger partial charge in [-0.25, -0.2) is 15.0 Å². The van der Waals surface area contributed by atoms with E-state index in [1.165, 1.54) is 18.0 Å². The molecule has 1 spiro atoms. The van der Waals surface area contributed by atoms with Crippen LogP contribution in [0.2, 0.25) is 0 Å². The molecule has 1 unspecified atom stereocenters. The van der Waals surface area contributed by atoms with Gasteiger partial charge in [0.05, 0.1) is 6.20 Å². The van der Waals surface area contributed by atoms with Crippen molar-refractivity contribution in [2.45, 2.75) is 5.54 Å². The lowest BCUT2D eigenvalue weighted by Crippen LogP contribution is -2.31. The molecule has 0 bridgehead atoms. The second-order valence-electron chi connectivity index (χ2n) is 7.19. The van der Waals surface area contributed by atoms with Gasteiger partial charge in [0.25, 0.3) is 0 Å². The summed E-state index contributed by atoms with van der Waals surface area (Å²) in [4.78, 5) is 15.0. The molecule has 0 saturated carbocycles. The van der Waals surface area contributed by atoms with Gasteiger partial charge in [-0.05, 0) is 35.9 Å². The van der Waals surface area contributed by atoms with Crippen molar-refractivity contribution in [3.05, 3.63) is 65.9 Å². The minimum absolute atomic E-state index is 0.433.